The van der Waals surface area contributed by atoms with E-state index in [0.717, 1.165) is 17.7 Å². The lowest BCUT2D eigenvalue weighted by Gasteiger charge is -2.31. The molecule has 3 rings (SSSR count). The van der Waals surface area contributed by atoms with Crippen molar-refractivity contribution in [3.8, 4) is 5.75 Å². The van der Waals surface area contributed by atoms with Crippen LogP contribution in [0.3, 0.4) is 0 Å². The SMILES string of the molecule is CS(=O)(=O)N1CCC(C(=O)NC2COc3ccccc3C2)CC1. The molecule has 2 heterocycles. The molecule has 126 valence electrons. The summed E-state index contributed by atoms with van der Waals surface area (Å²) in [6.07, 6.45) is 3.13. The van der Waals surface area contributed by atoms with Crippen molar-refractivity contribution in [3.05, 3.63) is 29.8 Å². The van der Waals surface area contributed by atoms with Gasteiger partial charge in [-0.05, 0) is 30.9 Å². The zero-order valence-electron chi connectivity index (χ0n) is 13.2. The summed E-state index contributed by atoms with van der Waals surface area (Å²) in [6.45, 7) is 1.31. The fourth-order valence-electron chi connectivity index (χ4n) is 3.19. The van der Waals surface area contributed by atoms with Gasteiger partial charge < -0.3 is 10.1 Å². The first-order valence-corrected chi connectivity index (χ1v) is 9.74. The molecule has 2 aliphatic rings. The van der Waals surface area contributed by atoms with Crippen molar-refractivity contribution >= 4 is 15.9 Å². The van der Waals surface area contributed by atoms with E-state index in [1.54, 1.807) is 0 Å². The smallest absolute Gasteiger partial charge is 0.223 e. The van der Waals surface area contributed by atoms with E-state index < -0.39 is 10.0 Å². The quantitative estimate of drug-likeness (QED) is 0.884. The third kappa shape index (κ3) is 3.84. The fraction of sp³-hybridized carbons (Fsp3) is 0.562. The molecule has 0 aliphatic carbocycles. The number of carbonyl (C=O) groups is 1. The number of nitrogens with zero attached hydrogens (tertiary/aromatic N) is 1. The van der Waals surface area contributed by atoms with Crippen LogP contribution in [-0.4, -0.2) is 50.6 Å². The van der Waals surface area contributed by atoms with Gasteiger partial charge in [0.05, 0.1) is 12.3 Å². The van der Waals surface area contributed by atoms with Crippen molar-refractivity contribution in [2.45, 2.75) is 25.3 Å². The molecular formula is C16H22N2O4S. The molecule has 1 unspecified atom stereocenters. The number of amides is 1. The highest BCUT2D eigenvalue weighted by atomic mass is 32.2. The van der Waals surface area contributed by atoms with E-state index in [2.05, 4.69) is 5.32 Å². The fourth-order valence-corrected chi connectivity index (χ4v) is 4.06. The van der Waals surface area contributed by atoms with Crippen LogP contribution >= 0.6 is 0 Å². The summed E-state index contributed by atoms with van der Waals surface area (Å²) in [5, 5.41) is 3.05. The molecule has 0 aromatic heterocycles. The summed E-state index contributed by atoms with van der Waals surface area (Å²) in [5.74, 6) is 0.774. The Hall–Kier alpha value is -1.60. The van der Waals surface area contributed by atoms with Crippen LogP contribution < -0.4 is 10.1 Å². The van der Waals surface area contributed by atoms with Gasteiger partial charge in [-0.2, -0.15) is 0 Å². The van der Waals surface area contributed by atoms with Gasteiger partial charge in [0, 0.05) is 19.0 Å². The van der Waals surface area contributed by atoms with Crippen LogP contribution in [0.4, 0.5) is 0 Å². The minimum absolute atomic E-state index is 0.00568. The molecule has 1 fully saturated rings. The van der Waals surface area contributed by atoms with Crippen molar-refractivity contribution in [3.63, 3.8) is 0 Å². The third-order valence-corrected chi connectivity index (χ3v) is 5.82. The van der Waals surface area contributed by atoms with Gasteiger partial charge in [0.25, 0.3) is 0 Å². The number of rotatable bonds is 3. The molecule has 7 heteroatoms. The summed E-state index contributed by atoms with van der Waals surface area (Å²) in [5.41, 5.74) is 1.11. The maximum Gasteiger partial charge on any atom is 0.223 e. The number of fused-ring (bicyclic) bond motifs is 1. The maximum absolute atomic E-state index is 12.4. The van der Waals surface area contributed by atoms with Gasteiger partial charge in [-0.15, -0.1) is 0 Å². The van der Waals surface area contributed by atoms with Crippen molar-refractivity contribution < 1.29 is 17.9 Å². The van der Waals surface area contributed by atoms with Gasteiger partial charge >= 0.3 is 0 Å². The van der Waals surface area contributed by atoms with E-state index in [1.165, 1.54) is 10.6 Å². The number of piperidine rings is 1. The number of hydrogen-bond donors (Lipinski definition) is 1. The lowest BCUT2D eigenvalue weighted by molar-refractivity contribution is -0.127. The van der Waals surface area contributed by atoms with Gasteiger partial charge in [0.1, 0.15) is 12.4 Å². The molecule has 1 N–H and O–H groups in total. The Kier molecular flexibility index (Phi) is 4.59. The number of para-hydroxylation sites is 1. The lowest BCUT2D eigenvalue weighted by atomic mass is 9.96. The van der Waals surface area contributed by atoms with E-state index in [1.807, 2.05) is 24.3 Å². The van der Waals surface area contributed by atoms with E-state index in [4.69, 9.17) is 4.74 Å². The summed E-state index contributed by atoms with van der Waals surface area (Å²) >= 11 is 0. The standard InChI is InChI=1S/C16H22N2O4S/c1-23(20,21)18-8-6-12(7-9-18)16(19)17-14-10-13-4-2-3-5-15(13)22-11-14/h2-5,12,14H,6-11H2,1H3,(H,17,19). The average Bonchev–Trinajstić information content (AvgIpc) is 2.54. The molecule has 0 bridgehead atoms. The van der Waals surface area contributed by atoms with E-state index in [9.17, 15) is 13.2 Å². The van der Waals surface area contributed by atoms with Crippen LogP contribution in [0.25, 0.3) is 0 Å². The largest absolute Gasteiger partial charge is 0.491 e. The van der Waals surface area contributed by atoms with Crippen molar-refractivity contribution in [1.29, 1.82) is 0 Å². The predicted molar refractivity (Wildman–Crippen MR) is 86.7 cm³/mol. The molecule has 1 saturated heterocycles. The Labute approximate surface area is 136 Å². The molecule has 0 spiro atoms. The zero-order chi connectivity index (χ0) is 16.4. The second-order valence-electron chi connectivity index (χ2n) is 6.26. The predicted octanol–water partition coefficient (Wildman–Crippen LogP) is 0.778. The van der Waals surface area contributed by atoms with E-state index >= 15 is 0 Å². The summed E-state index contributed by atoms with van der Waals surface area (Å²) in [6, 6.07) is 7.83. The molecule has 6 nitrogen and oxygen atoms in total. The Morgan fingerprint density at radius 3 is 2.65 bits per heavy atom. The second kappa shape index (κ2) is 6.49. The van der Waals surface area contributed by atoms with Gasteiger partial charge in [-0.3, -0.25) is 4.79 Å². The van der Waals surface area contributed by atoms with Crippen molar-refractivity contribution in [2.75, 3.05) is 26.0 Å². The first-order chi connectivity index (χ1) is 10.9. The molecule has 2 aliphatic heterocycles. The number of ether oxygens (including phenoxy) is 1. The second-order valence-corrected chi connectivity index (χ2v) is 8.25. The number of benzene rings is 1. The topological polar surface area (TPSA) is 75.7 Å². The number of nitrogens with one attached hydrogen (secondary N) is 1. The van der Waals surface area contributed by atoms with Crippen LogP contribution in [0.2, 0.25) is 0 Å². The Bertz CT molecular complexity index is 681. The molecule has 1 amide bonds. The average molecular weight is 338 g/mol. The number of sulfonamides is 1. The molecule has 1 atom stereocenters. The minimum atomic E-state index is -3.15. The van der Waals surface area contributed by atoms with Crippen LogP contribution in [-0.2, 0) is 21.2 Å². The highest BCUT2D eigenvalue weighted by Crippen LogP contribution is 2.25. The normalized spacial score (nSPS) is 22.9. The number of carbonyl (C=O) groups excluding carboxylic acids is 1. The van der Waals surface area contributed by atoms with Crippen LogP contribution in [0.15, 0.2) is 24.3 Å². The molecule has 1 aromatic carbocycles. The molecule has 23 heavy (non-hydrogen) atoms. The van der Waals surface area contributed by atoms with Gasteiger partial charge in [0.15, 0.2) is 0 Å². The Morgan fingerprint density at radius 1 is 1.26 bits per heavy atom. The van der Waals surface area contributed by atoms with Gasteiger partial charge in [0.2, 0.25) is 15.9 Å². The first kappa shape index (κ1) is 16.3. The number of hydrogen-bond acceptors (Lipinski definition) is 4. The molecule has 1 aromatic rings. The van der Waals surface area contributed by atoms with E-state index in [-0.39, 0.29) is 17.9 Å². The summed E-state index contributed by atoms with van der Waals surface area (Å²) < 4.78 is 30.1. The third-order valence-electron chi connectivity index (χ3n) is 4.52. The van der Waals surface area contributed by atoms with Crippen LogP contribution in [0.5, 0.6) is 5.75 Å². The van der Waals surface area contributed by atoms with Crippen molar-refractivity contribution in [1.82, 2.24) is 9.62 Å². The zero-order valence-corrected chi connectivity index (χ0v) is 14.0. The molecular weight excluding hydrogens is 316 g/mol. The van der Waals surface area contributed by atoms with Crippen LogP contribution in [0, 0.1) is 5.92 Å². The summed E-state index contributed by atoms with van der Waals surface area (Å²) in [7, 11) is -3.15. The first-order valence-electron chi connectivity index (χ1n) is 7.89. The van der Waals surface area contributed by atoms with E-state index in [0.29, 0.717) is 32.5 Å². The highest BCUT2D eigenvalue weighted by molar-refractivity contribution is 7.88. The Balaban J connectivity index is 1.53. The minimum Gasteiger partial charge on any atom is -0.491 e. The Morgan fingerprint density at radius 2 is 1.96 bits per heavy atom. The highest BCUT2D eigenvalue weighted by Gasteiger charge is 2.30. The molecule has 0 saturated carbocycles. The van der Waals surface area contributed by atoms with Gasteiger partial charge in [-0.25, -0.2) is 12.7 Å². The lowest BCUT2D eigenvalue weighted by Crippen LogP contribution is -2.48. The van der Waals surface area contributed by atoms with Crippen LogP contribution in [0.1, 0.15) is 18.4 Å². The monoisotopic (exact) mass is 338 g/mol. The van der Waals surface area contributed by atoms with Gasteiger partial charge in [-0.1, -0.05) is 18.2 Å². The molecule has 0 radical (unpaired) electrons. The van der Waals surface area contributed by atoms with Crippen molar-refractivity contribution in [2.24, 2.45) is 5.92 Å². The maximum atomic E-state index is 12.4. The summed E-state index contributed by atoms with van der Waals surface area (Å²) in [4.78, 5) is 12.4.